The lowest BCUT2D eigenvalue weighted by molar-refractivity contribution is 0.00595. The summed E-state index contributed by atoms with van der Waals surface area (Å²) >= 11 is 1.36. The van der Waals surface area contributed by atoms with Crippen molar-refractivity contribution in [2.75, 3.05) is 5.75 Å². The van der Waals surface area contributed by atoms with Gasteiger partial charge in [0.15, 0.2) is 0 Å². The van der Waals surface area contributed by atoms with Crippen LogP contribution in [0.2, 0.25) is 0 Å². The van der Waals surface area contributed by atoms with E-state index < -0.39 is 11.9 Å². The molecule has 1 aromatic carbocycles. The predicted octanol–water partition coefficient (Wildman–Crippen LogP) is 3.91. The molecule has 2 rings (SSSR count). The van der Waals surface area contributed by atoms with Crippen LogP contribution in [-0.2, 0) is 0 Å². The van der Waals surface area contributed by atoms with Crippen molar-refractivity contribution in [3.63, 3.8) is 0 Å². The maximum atomic E-state index is 13.0. The fourth-order valence-corrected chi connectivity index (χ4v) is 3.35. The Kier molecular flexibility index (Phi) is 3.90. The van der Waals surface area contributed by atoms with Crippen LogP contribution in [0, 0.1) is 5.92 Å². The topological polar surface area (TPSA) is 37.3 Å². The van der Waals surface area contributed by atoms with Crippen LogP contribution < -0.4 is 0 Å². The Hall–Kier alpha value is -1.10. The van der Waals surface area contributed by atoms with Crippen LogP contribution in [0.3, 0.4) is 0 Å². The van der Waals surface area contributed by atoms with Crippen LogP contribution in [0.1, 0.15) is 29.6 Å². The van der Waals surface area contributed by atoms with Gasteiger partial charge in [0.1, 0.15) is 0 Å². The molecule has 1 unspecified atom stereocenters. The molecule has 5 heteroatoms. The van der Waals surface area contributed by atoms with E-state index in [1.54, 1.807) is 18.2 Å². The van der Waals surface area contributed by atoms with Gasteiger partial charge in [-0.1, -0.05) is 12.1 Å². The first kappa shape index (κ1) is 13.3. The highest BCUT2D eigenvalue weighted by atomic mass is 32.2. The molecule has 0 amide bonds. The minimum absolute atomic E-state index is 0.0214. The van der Waals surface area contributed by atoms with E-state index >= 15 is 0 Å². The quantitative estimate of drug-likeness (QED) is 0.844. The first-order chi connectivity index (χ1) is 8.48. The number of carboxylic acid groups (broad SMARTS) is 1. The van der Waals surface area contributed by atoms with Crippen molar-refractivity contribution >= 4 is 17.7 Å². The molecule has 1 aliphatic rings. The van der Waals surface area contributed by atoms with Crippen LogP contribution >= 0.6 is 11.8 Å². The van der Waals surface area contributed by atoms with Crippen LogP contribution in [0.4, 0.5) is 8.78 Å². The molecule has 1 fully saturated rings. The maximum Gasteiger partial charge on any atom is 0.336 e. The molecule has 0 spiro atoms. The van der Waals surface area contributed by atoms with Crippen molar-refractivity contribution in [2.45, 2.75) is 30.1 Å². The Labute approximate surface area is 108 Å². The van der Waals surface area contributed by atoms with Crippen molar-refractivity contribution in [1.29, 1.82) is 0 Å². The second kappa shape index (κ2) is 5.26. The summed E-state index contributed by atoms with van der Waals surface area (Å²) in [4.78, 5) is 11.6. The number of rotatable bonds is 4. The number of carbonyl (C=O) groups is 1. The molecule has 18 heavy (non-hydrogen) atoms. The largest absolute Gasteiger partial charge is 0.478 e. The highest BCUT2D eigenvalue weighted by Gasteiger charge is 2.39. The minimum Gasteiger partial charge on any atom is -0.478 e. The standard InChI is InChI=1S/C13H14F2O2S/c14-13(15)6-5-9(7-13)8-18-11-4-2-1-3-10(11)12(16)17/h1-4,9H,5-8H2,(H,16,17). The molecule has 1 N–H and O–H groups in total. The van der Waals surface area contributed by atoms with E-state index in [0.29, 0.717) is 17.1 Å². The van der Waals surface area contributed by atoms with Gasteiger partial charge >= 0.3 is 5.97 Å². The summed E-state index contributed by atoms with van der Waals surface area (Å²) in [5.74, 6) is -2.97. The fraction of sp³-hybridized carbons (Fsp3) is 0.462. The number of carboxylic acids is 1. The summed E-state index contributed by atoms with van der Waals surface area (Å²) in [7, 11) is 0. The van der Waals surface area contributed by atoms with Crippen molar-refractivity contribution in [3.05, 3.63) is 29.8 Å². The zero-order valence-corrected chi connectivity index (χ0v) is 10.6. The number of thioether (sulfide) groups is 1. The van der Waals surface area contributed by atoms with Gasteiger partial charge in [-0.15, -0.1) is 11.8 Å². The smallest absolute Gasteiger partial charge is 0.336 e. The number of benzene rings is 1. The number of halogens is 2. The van der Waals surface area contributed by atoms with E-state index in [1.807, 2.05) is 0 Å². The lowest BCUT2D eigenvalue weighted by Gasteiger charge is -2.11. The third-order valence-corrected chi connectivity index (χ3v) is 4.40. The maximum absolute atomic E-state index is 13.0. The first-order valence-corrected chi connectivity index (χ1v) is 6.79. The van der Waals surface area contributed by atoms with Crippen LogP contribution in [-0.4, -0.2) is 22.8 Å². The Morgan fingerprint density at radius 2 is 2.17 bits per heavy atom. The Balaban J connectivity index is 1.97. The van der Waals surface area contributed by atoms with Gasteiger partial charge in [0.25, 0.3) is 0 Å². The van der Waals surface area contributed by atoms with E-state index in [2.05, 4.69) is 0 Å². The molecule has 1 atom stereocenters. The third-order valence-electron chi connectivity index (χ3n) is 3.10. The molecule has 0 heterocycles. The molecular formula is C13H14F2O2S. The van der Waals surface area contributed by atoms with Gasteiger partial charge < -0.3 is 5.11 Å². The second-order valence-corrected chi connectivity index (χ2v) is 5.64. The molecule has 0 aromatic heterocycles. The van der Waals surface area contributed by atoms with Gasteiger partial charge in [0.2, 0.25) is 5.92 Å². The molecule has 1 saturated carbocycles. The summed E-state index contributed by atoms with van der Waals surface area (Å²) in [6, 6.07) is 6.68. The highest BCUT2D eigenvalue weighted by molar-refractivity contribution is 7.99. The van der Waals surface area contributed by atoms with E-state index in [4.69, 9.17) is 5.11 Å². The van der Waals surface area contributed by atoms with Crippen molar-refractivity contribution in [1.82, 2.24) is 0 Å². The van der Waals surface area contributed by atoms with Gasteiger partial charge in [-0.2, -0.15) is 0 Å². The van der Waals surface area contributed by atoms with Gasteiger partial charge in [-0.05, 0) is 24.5 Å². The second-order valence-electron chi connectivity index (χ2n) is 4.58. The first-order valence-electron chi connectivity index (χ1n) is 5.81. The number of aromatic carboxylic acids is 1. The van der Waals surface area contributed by atoms with Crippen molar-refractivity contribution in [2.24, 2.45) is 5.92 Å². The molecule has 0 radical (unpaired) electrons. The average Bonchev–Trinajstić information content (AvgIpc) is 2.66. The van der Waals surface area contributed by atoms with Crippen molar-refractivity contribution in [3.8, 4) is 0 Å². The van der Waals surface area contributed by atoms with E-state index in [-0.39, 0.29) is 24.3 Å². The monoisotopic (exact) mass is 272 g/mol. The Morgan fingerprint density at radius 1 is 1.44 bits per heavy atom. The van der Waals surface area contributed by atoms with Crippen LogP contribution in [0.5, 0.6) is 0 Å². The van der Waals surface area contributed by atoms with Crippen molar-refractivity contribution < 1.29 is 18.7 Å². The lowest BCUT2D eigenvalue weighted by Crippen LogP contribution is -2.10. The highest BCUT2D eigenvalue weighted by Crippen LogP contribution is 2.41. The number of alkyl halides is 2. The average molecular weight is 272 g/mol. The normalized spacial score (nSPS) is 22.0. The molecule has 0 bridgehead atoms. The zero-order chi connectivity index (χ0) is 13.2. The summed E-state index contributed by atoms with van der Waals surface area (Å²) in [6.07, 6.45) is 0.406. The Morgan fingerprint density at radius 3 is 2.78 bits per heavy atom. The van der Waals surface area contributed by atoms with E-state index in [9.17, 15) is 13.6 Å². The van der Waals surface area contributed by atoms with Gasteiger partial charge in [0, 0.05) is 23.5 Å². The molecular weight excluding hydrogens is 258 g/mol. The minimum atomic E-state index is -2.53. The number of hydrogen-bond acceptors (Lipinski definition) is 2. The SMILES string of the molecule is O=C(O)c1ccccc1SCC1CCC(F)(F)C1. The third kappa shape index (κ3) is 3.22. The summed E-state index contributed by atoms with van der Waals surface area (Å²) in [5, 5.41) is 9.01. The molecule has 1 aromatic rings. The number of hydrogen-bond donors (Lipinski definition) is 1. The van der Waals surface area contributed by atoms with Crippen LogP contribution in [0.15, 0.2) is 29.2 Å². The van der Waals surface area contributed by atoms with Crippen LogP contribution in [0.25, 0.3) is 0 Å². The molecule has 0 aliphatic heterocycles. The summed E-state index contributed by atoms with van der Waals surface area (Å²) in [6.45, 7) is 0. The van der Waals surface area contributed by atoms with E-state index in [0.717, 1.165) is 0 Å². The summed E-state index contributed by atoms with van der Waals surface area (Å²) in [5.41, 5.74) is 0.243. The Bertz CT molecular complexity index is 448. The summed E-state index contributed by atoms with van der Waals surface area (Å²) < 4.78 is 26.0. The lowest BCUT2D eigenvalue weighted by atomic mass is 10.1. The molecule has 2 nitrogen and oxygen atoms in total. The predicted molar refractivity (Wildman–Crippen MR) is 66.4 cm³/mol. The molecule has 1 aliphatic carbocycles. The zero-order valence-electron chi connectivity index (χ0n) is 9.73. The van der Waals surface area contributed by atoms with Gasteiger partial charge in [-0.3, -0.25) is 0 Å². The van der Waals surface area contributed by atoms with Gasteiger partial charge in [0.05, 0.1) is 5.56 Å². The molecule has 0 saturated heterocycles. The fourth-order valence-electron chi connectivity index (χ4n) is 2.16. The molecule has 98 valence electrons. The van der Waals surface area contributed by atoms with E-state index in [1.165, 1.54) is 17.8 Å². The van der Waals surface area contributed by atoms with Gasteiger partial charge in [-0.25, -0.2) is 13.6 Å².